The Balaban J connectivity index is 1.86. The Kier molecular flexibility index (Phi) is 6.90. The molecule has 128 valence electrons. The highest BCUT2D eigenvalue weighted by Crippen LogP contribution is 2.23. The summed E-state index contributed by atoms with van der Waals surface area (Å²) < 4.78 is 5.67. The number of hydrogen-bond donors (Lipinski definition) is 2. The van der Waals surface area contributed by atoms with Crippen molar-refractivity contribution in [1.29, 1.82) is 0 Å². The van der Waals surface area contributed by atoms with Gasteiger partial charge in [0.2, 0.25) is 0 Å². The van der Waals surface area contributed by atoms with Gasteiger partial charge >= 0.3 is 0 Å². The Bertz CT molecular complexity index is 479. The number of nitrogens with one attached hydrogen (secondary N) is 2. The molecule has 0 aromatic heterocycles. The second-order valence-electron chi connectivity index (χ2n) is 6.80. The van der Waals surface area contributed by atoms with Crippen molar-refractivity contribution in [2.45, 2.75) is 51.6 Å². The zero-order valence-corrected chi connectivity index (χ0v) is 14.8. The molecule has 0 radical (unpaired) electrons. The van der Waals surface area contributed by atoms with Crippen molar-refractivity contribution >= 4 is 5.96 Å². The van der Waals surface area contributed by atoms with E-state index in [9.17, 15) is 0 Å². The van der Waals surface area contributed by atoms with Crippen LogP contribution < -0.4 is 10.6 Å². The molecule has 1 aliphatic heterocycles. The van der Waals surface area contributed by atoms with Crippen LogP contribution in [0.5, 0.6) is 0 Å². The predicted octanol–water partition coefficient (Wildman–Crippen LogP) is 3.09. The molecule has 1 aromatic carbocycles. The van der Waals surface area contributed by atoms with E-state index >= 15 is 0 Å². The predicted molar refractivity (Wildman–Crippen MR) is 97.0 cm³/mol. The van der Waals surface area contributed by atoms with Gasteiger partial charge in [0.1, 0.15) is 0 Å². The number of ether oxygens (including phenoxy) is 1. The highest BCUT2D eigenvalue weighted by atomic mass is 16.5. The lowest BCUT2D eigenvalue weighted by Crippen LogP contribution is -2.39. The molecule has 0 spiro atoms. The highest BCUT2D eigenvalue weighted by molar-refractivity contribution is 5.79. The average Bonchev–Trinajstić information content (AvgIpc) is 3.07. The summed E-state index contributed by atoms with van der Waals surface area (Å²) >= 11 is 0. The number of guanidine groups is 1. The molecule has 1 atom stereocenters. The van der Waals surface area contributed by atoms with Gasteiger partial charge in [-0.2, -0.15) is 0 Å². The molecule has 1 aromatic rings. The number of nitrogens with zero attached hydrogens (tertiary/aromatic N) is 1. The van der Waals surface area contributed by atoms with Crippen LogP contribution in [0.15, 0.2) is 35.3 Å². The summed E-state index contributed by atoms with van der Waals surface area (Å²) in [6, 6.07) is 10.6. The third-order valence-corrected chi connectivity index (χ3v) is 4.31. The van der Waals surface area contributed by atoms with Crippen LogP contribution in [-0.2, 0) is 10.2 Å². The number of rotatable bonds is 7. The summed E-state index contributed by atoms with van der Waals surface area (Å²) in [5.74, 6) is 0.898. The second-order valence-corrected chi connectivity index (χ2v) is 6.80. The molecular formula is C19H31N3O. The van der Waals surface area contributed by atoms with E-state index in [1.54, 1.807) is 0 Å². The third-order valence-electron chi connectivity index (χ3n) is 4.31. The van der Waals surface area contributed by atoms with Gasteiger partial charge in [0, 0.05) is 25.1 Å². The minimum absolute atomic E-state index is 0.0260. The third kappa shape index (κ3) is 5.87. The SMILES string of the molecule is CCNC(=NCC(C)(C)c1ccccc1)NCCC1CCCO1. The lowest BCUT2D eigenvalue weighted by Gasteiger charge is -2.24. The van der Waals surface area contributed by atoms with Crippen LogP contribution in [0.3, 0.4) is 0 Å². The fourth-order valence-corrected chi connectivity index (χ4v) is 2.82. The maximum absolute atomic E-state index is 5.67. The van der Waals surface area contributed by atoms with Crippen molar-refractivity contribution in [3.63, 3.8) is 0 Å². The monoisotopic (exact) mass is 317 g/mol. The Morgan fingerprint density at radius 1 is 1.26 bits per heavy atom. The van der Waals surface area contributed by atoms with E-state index in [0.29, 0.717) is 6.10 Å². The summed E-state index contributed by atoms with van der Waals surface area (Å²) in [7, 11) is 0. The summed E-state index contributed by atoms with van der Waals surface area (Å²) in [6.07, 6.45) is 3.86. The molecule has 1 fully saturated rings. The van der Waals surface area contributed by atoms with Gasteiger partial charge in [-0.15, -0.1) is 0 Å². The standard InChI is InChI=1S/C19H31N3O/c1-4-20-18(21-13-12-17-11-8-14-23-17)22-15-19(2,3)16-9-6-5-7-10-16/h5-7,9-10,17H,4,8,11-15H2,1-3H3,(H2,20,21,22). The van der Waals surface area contributed by atoms with Crippen LogP contribution in [0.2, 0.25) is 0 Å². The summed E-state index contributed by atoms with van der Waals surface area (Å²) in [5, 5.41) is 6.76. The zero-order valence-electron chi connectivity index (χ0n) is 14.8. The molecular weight excluding hydrogens is 286 g/mol. The van der Waals surface area contributed by atoms with E-state index in [-0.39, 0.29) is 5.41 Å². The number of hydrogen-bond acceptors (Lipinski definition) is 2. The molecule has 1 heterocycles. The minimum Gasteiger partial charge on any atom is -0.378 e. The smallest absolute Gasteiger partial charge is 0.191 e. The number of benzene rings is 1. The van der Waals surface area contributed by atoms with Crippen LogP contribution in [0, 0.1) is 0 Å². The van der Waals surface area contributed by atoms with Gasteiger partial charge in [0.15, 0.2) is 5.96 Å². The van der Waals surface area contributed by atoms with Crippen LogP contribution in [0.25, 0.3) is 0 Å². The minimum atomic E-state index is 0.0260. The first kappa shape index (κ1) is 17.8. The zero-order chi connectivity index (χ0) is 16.5. The fraction of sp³-hybridized carbons (Fsp3) is 0.632. The normalized spacial score (nSPS) is 18.9. The molecule has 0 amide bonds. The van der Waals surface area contributed by atoms with Gasteiger partial charge in [0.05, 0.1) is 12.6 Å². The molecule has 1 unspecified atom stereocenters. The summed E-state index contributed by atoms with van der Waals surface area (Å²) in [5.41, 5.74) is 1.34. The van der Waals surface area contributed by atoms with Crippen molar-refractivity contribution < 1.29 is 4.74 Å². The second kappa shape index (κ2) is 8.92. The van der Waals surface area contributed by atoms with Gasteiger partial charge in [-0.3, -0.25) is 4.99 Å². The quantitative estimate of drug-likeness (QED) is 0.600. The van der Waals surface area contributed by atoms with Crippen LogP contribution >= 0.6 is 0 Å². The Hall–Kier alpha value is -1.55. The molecule has 2 N–H and O–H groups in total. The van der Waals surface area contributed by atoms with Crippen molar-refractivity contribution in [3.8, 4) is 0 Å². The average molecular weight is 317 g/mol. The van der Waals surface area contributed by atoms with E-state index in [1.165, 1.54) is 18.4 Å². The molecule has 4 heteroatoms. The Morgan fingerprint density at radius 2 is 2.04 bits per heavy atom. The summed E-state index contributed by atoms with van der Waals surface area (Å²) in [4.78, 5) is 4.78. The van der Waals surface area contributed by atoms with E-state index in [0.717, 1.165) is 38.6 Å². The van der Waals surface area contributed by atoms with E-state index in [4.69, 9.17) is 9.73 Å². The van der Waals surface area contributed by atoms with Crippen molar-refractivity contribution in [1.82, 2.24) is 10.6 Å². The molecule has 0 saturated carbocycles. The molecule has 0 bridgehead atoms. The molecule has 2 rings (SSSR count). The van der Waals surface area contributed by atoms with Crippen LogP contribution in [0.1, 0.15) is 45.6 Å². The van der Waals surface area contributed by atoms with E-state index in [2.05, 4.69) is 61.7 Å². The maximum atomic E-state index is 5.67. The van der Waals surface area contributed by atoms with Gasteiger partial charge < -0.3 is 15.4 Å². The Morgan fingerprint density at radius 3 is 2.70 bits per heavy atom. The molecule has 1 saturated heterocycles. The van der Waals surface area contributed by atoms with E-state index < -0.39 is 0 Å². The van der Waals surface area contributed by atoms with Gasteiger partial charge in [-0.25, -0.2) is 0 Å². The molecule has 4 nitrogen and oxygen atoms in total. The van der Waals surface area contributed by atoms with Crippen LogP contribution in [-0.4, -0.2) is 38.3 Å². The van der Waals surface area contributed by atoms with Crippen molar-refractivity contribution in [2.24, 2.45) is 4.99 Å². The first-order valence-corrected chi connectivity index (χ1v) is 8.81. The van der Waals surface area contributed by atoms with Crippen molar-refractivity contribution in [3.05, 3.63) is 35.9 Å². The lowest BCUT2D eigenvalue weighted by molar-refractivity contribution is 0.105. The van der Waals surface area contributed by atoms with Crippen molar-refractivity contribution in [2.75, 3.05) is 26.2 Å². The topological polar surface area (TPSA) is 45.7 Å². The van der Waals surface area contributed by atoms with Gasteiger partial charge in [-0.1, -0.05) is 44.2 Å². The fourth-order valence-electron chi connectivity index (χ4n) is 2.82. The van der Waals surface area contributed by atoms with E-state index in [1.807, 2.05) is 0 Å². The number of aliphatic imine (C=N–C) groups is 1. The molecule has 1 aliphatic rings. The summed E-state index contributed by atoms with van der Waals surface area (Å²) in [6.45, 7) is 10.0. The molecule has 0 aliphatic carbocycles. The first-order valence-electron chi connectivity index (χ1n) is 8.81. The lowest BCUT2D eigenvalue weighted by atomic mass is 9.85. The molecule has 23 heavy (non-hydrogen) atoms. The van der Waals surface area contributed by atoms with Crippen LogP contribution in [0.4, 0.5) is 0 Å². The first-order chi connectivity index (χ1) is 11.1. The Labute approximate surface area is 140 Å². The maximum Gasteiger partial charge on any atom is 0.191 e. The largest absolute Gasteiger partial charge is 0.378 e. The van der Waals surface area contributed by atoms with Gasteiger partial charge in [0.25, 0.3) is 0 Å². The highest BCUT2D eigenvalue weighted by Gasteiger charge is 2.20. The van der Waals surface area contributed by atoms with Gasteiger partial charge in [-0.05, 0) is 31.7 Å².